The van der Waals surface area contributed by atoms with Crippen LogP contribution in [0.2, 0.25) is 0 Å². The number of methoxy groups -OCH3 is 2. The Morgan fingerprint density at radius 2 is 1.37 bits per heavy atom. The number of esters is 2. The second-order valence-electron chi connectivity index (χ2n) is 4.59. The Morgan fingerprint density at radius 3 is 1.68 bits per heavy atom. The lowest BCUT2D eigenvalue weighted by Crippen LogP contribution is -2.37. The maximum Gasteiger partial charge on any atom is 0.334 e. The molecule has 0 aromatic carbocycles. The summed E-state index contributed by atoms with van der Waals surface area (Å²) in [5.41, 5.74) is 1.24. The molecule has 0 amide bonds. The Labute approximate surface area is 128 Å². The molecule has 2 aliphatic rings. The Kier molecular flexibility index (Phi) is 4.50. The van der Waals surface area contributed by atoms with Crippen LogP contribution in [-0.2, 0) is 19.1 Å². The molecule has 0 saturated heterocycles. The average molecular weight is 394 g/mol. The third-order valence-corrected chi connectivity index (χ3v) is 5.86. The second-order valence-corrected chi connectivity index (χ2v) is 6.57. The molecule has 0 heterocycles. The molecule has 2 rings (SSSR count). The molecule has 0 saturated carbocycles. The standard InChI is InChI=1S/C13H14Br2O4/c1-18-12(16)8-4-6-3-7(10(8)14)5-9(11(6)15)13(17)19-2/h4-7,10-11H,3H2,1-2H3/t6-,7-,10+,11+/m0/s1. The predicted molar refractivity (Wildman–Crippen MR) is 77.2 cm³/mol. The summed E-state index contributed by atoms with van der Waals surface area (Å²) in [6.07, 6.45) is 4.65. The van der Waals surface area contributed by atoms with Gasteiger partial charge in [0.2, 0.25) is 0 Å². The van der Waals surface area contributed by atoms with Gasteiger partial charge in [0.15, 0.2) is 0 Å². The number of carbonyl (C=O) groups excluding carboxylic acids is 2. The number of hydrogen-bond acceptors (Lipinski definition) is 4. The van der Waals surface area contributed by atoms with Gasteiger partial charge in [-0.05, 0) is 18.3 Å². The summed E-state index contributed by atoms with van der Waals surface area (Å²) >= 11 is 7.04. The highest BCUT2D eigenvalue weighted by Crippen LogP contribution is 2.44. The average Bonchev–Trinajstić information content (AvgIpc) is 2.43. The third-order valence-electron chi connectivity index (χ3n) is 3.52. The van der Waals surface area contributed by atoms with Crippen LogP contribution in [-0.4, -0.2) is 35.8 Å². The molecule has 6 heteroatoms. The molecule has 0 aromatic rings. The van der Waals surface area contributed by atoms with E-state index in [4.69, 9.17) is 9.47 Å². The van der Waals surface area contributed by atoms with E-state index in [2.05, 4.69) is 31.9 Å². The van der Waals surface area contributed by atoms with Crippen molar-refractivity contribution in [2.24, 2.45) is 11.8 Å². The Hall–Kier alpha value is -0.620. The zero-order valence-corrected chi connectivity index (χ0v) is 13.7. The molecule has 0 radical (unpaired) electrons. The first-order valence-corrected chi connectivity index (χ1v) is 7.71. The van der Waals surface area contributed by atoms with Crippen LogP contribution >= 0.6 is 31.9 Å². The highest BCUT2D eigenvalue weighted by atomic mass is 79.9. The summed E-state index contributed by atoms with van der Waals surface area (Å²) in [7, 11) is 2.74. The van der Waals surface area contributed by atoms with Gasteiger partial charge < -0.3 is 9.47 Å². The molecule has 4 nitrogen and oxygen atoms in total. The molecule has 0 N–H and O–H groups in total. The van der Waals surface area contributed by atoms with Crippen molar-refractivity contribution in [3.05, 3.63) is 23.3 Å². The van der Waals surface area contributed by atoms with Crippen LogP contribution < -0.4 is 0 Å². The van der Waals surface area contributed by atoms with Crippen molar-refractivity contribution in [3.63, 3.8) is 0 Å². The van der Waals surface area contributed by atoms with E-state index < -0.39 is 0 Å². The Balaban J connectivity index is 2.34. The lowest BCUT2D eigenvalue weighted by atomic mass is 9.74. The SMILES string of the molecule is COC(=O)C1=C[C@@H]2C[C@@H](C=C(C(=O)OC)[C@@H]2Br)[C@H]1Br. The first-order chi connectivity index (χ1) is 8.99. The first kappa shape index (κ1) is 14.8. The van der Waals surface area contributed by atoms with Gasteiger partial charge in [0.25, 0.3) is 0 Å². The monoisotopic (exact) mass is 392 g/mol. The Bertz CT molecular complexity index is 427. The van der Waals surface area contributed by atoms with Crippen LogP contribution in [0.5, 0.6) is 0 Å². The molecule has 19 heavy (non-hydrogen) atoms. The molecule has 2 bridgehead atoms. The molecule has 0 spiro atoms. The minimum atomic E-state index is -0.328. The maximum atomic E-state index is 11.7. The van der Waals surface area contributed by atoms with Gasteiger partial charge in [0.1, 0.15) is 0 Å². The zero-order chi connectivity index (χ0) is 14.2. The van der Waals surface area contributed by atoms with Crippen molar-refractivity contribution in [1.82, 2.24) is 0 Å². The molecule has 0 aromatic heterocycles. The highest BCUT2D eigenvalue weighted by molar-refractivity contribution is 9.10. The van der Waals surface area contributed by atoms with Crippen LogP contribution in [0.25, 0.3) is 0 Å². The molecular weight excluding hydrogens is 380 g/mol. The van der Waals surface area contributed by atoms with Crippen LogP contribution in [0.4, 0.5) is 0 Å². The minimum Gasteiger partial charge on any atom is -0.466 e. The van der Waals surface area contributed by atoms with Crippen LogP contribution in [0.3, 0.4) is 0 Å². The minimum absolute atomic E-state index is 0.0898. The van der Waals surface area contributed by atoms with Crippen LogP contribution in [0.15, 0.2) is 23.3 Å². The Morgan fingerprint density at radius 1 is 1.00 bits per heavy atom. The number of alkyl halides is 2. The van der Waals surface area contributed by atoms with E-state index in [1.807, 2.05) is 12.2 Å². The van der Waals surface area contributed by atoms with Gasteiger partial charge in [0, 0.05) is 11.1 Å². The lowest BCUT2D eigenvalue weighted by molar-refractivity contribution is -0.136. The number of carbonyl (C=O) groups is 2. The van der Waals surface area contributed by atoms with Crippen molar-refractivity contribution < 1.29 is 19.1 Å². The third kappa shape index (κ3) is 2.65. The number of hydrogen-bond donors (Lipinski definition) is 0. The molecule has 4 atom stereocenters. The summed E-state index contributed by atoms with van der Waals surface area (Å²) in [6, 6.07) is 0. The normalized spacial score (nSPS) is 33.1. The molecule has 0 unspecified atom stereocenters. The van der Waals surface area contributed by atoms with Gasteiger partial charge >= 0.3 is 11.9 Å². The highest BCUT2D eigenvalue weighted by Gasteiger charge is 2.41. The van der Waals surface area contributed by atoms with E-state index in [1.54, 1.807) is 0 Å². The van der Waals surface area contributed by atoms with Gasteiger partial charge in [-0.25, -0.2) is 9.59 Å². The van der Waals surface area contributed by atoms with E-state index in [-0.39, 0.29) is 33.4 Å². The van der Waals surface area contributed by atoms with Gasteiger partial charge in [-0.3, -0.25) is 0 Å². The number of ether oxygens (including phenoxy) is 2. The molecular formula is C13H14Br2O4. The van der Waals surface area contributed by atoms with E-state index >= 15 is 0 Å². The van der Waals surface area contributed by atoms with Crippen molar-refractivity contribution >= 4 is 43.8 Å². The second kappa shape index (κ2) is 5.79. The van der Waals surface area contributed by atoms with E-state index in [9.17, 15) is 9.59 Å². The number of rotatable bonds is 2. The summed E-state index contributed by atoms with van der Waals surface area (Å²) in [5.74, 6) is -0.476. The molecule has 0 aliphatic heterocycles. The molecule has 2 aliphatic carbocycles. The van der Waals surface area contributed by atoms with Gasteiger partial charge in [0.05, 0.1) is 23.9 Å². The smallest absolute Gasteiger partial charge is 0.334 e. The van der Waals surface area contributed by atoms with Crippen LogP contribution in [0.1, 0.15) is 6.42 Å². The molecule has 0 fully saturated rings. The fourth-order valence-corrected chi connectivity index (χ4v) is 3.98. The lowest BCUT2D eigenvalue weighted by Gasteiger charge is -2.37. The van der Waals surface area contributed by atoms with E-state index in [0.29, 0.717) is 11.1 Å². The largest absolute Gasteiger partial charge is 0.466 e. The van der Waals surface area contributed by atoms with Crippen molar-refractivity contribution in [3.8, 4) is 0 Å². The predicted octanol–water partition coefficient (Wildman–Crippen LogP) is 2.36. The summed E-state index contributed by atoms with van der Waals surface area (Å²) in [4.78, 5) is 23.2. The topological polar surface area (TPSA) is 52.6 Å². The fraction of sp³-hybridized carbons (Fsp3) is 0.538. The van der Waals surface area contributed by atoms with Crippen molar-refractivity contribution in [2.45, 2.75) is 16.1 Å². The number of allylic oxidation sites excluding steroid dienone is 2. The summed E-state index contributed by atoms with van der Waals surface area (Å²) in [5, 5.41) is 0. The quantitative estimate of drug-likeness (QED) is 0.533. The summed E-state index contributed by atoms with van der Waals surface area (Å²) in [6.45, 7) is 0. The van der Waals surface area contributed by atoms with Gasteiger partial charge in [-0.1, -0.05) is 44.0 Å². The van der Waals surface area contributed by atoms with Crippen molar-refractivity contribution in [2.75, 3.05) is 14.2 Å². The first-order valence-electron chi connectivity index (χ1n) is 5.87. The number of fused-ring (bicyclic) bond motifs is 2. The van der Waals surface area contributed by atoms with Crippen molar-refractivity contribution in [1.29, 1.82) is 0 Å². The van der Waals surface area contributed by atoms with Gasteiger partial charge in [-0.2, -0.15) is 0 Å². The molecule has 104 valence electrons. The fourth-order valence-electron chi connectivity index (χ4n) is 2.56. The summed E-state index contributed by atoms with van der Waals surface area (Å²) < 4.78 is 9.58. The zero-order valence-electron chi connectivity index (χ0n) is 10.6. The van der Waals surface area contributed by atoms with Gasteiger partial charge in [-0.15, -0.1) is 0 Å². The van der Waals surface area contributed by atoms with Crippen LogP contribution in [0, 0.1) is 11.8 Å². The van der Waals surface area contributed by atoms with E-state index in [1.165, 1.54) is 14.2 Å². The van der Waals surface area contributed by atoms with E-state index in [0.717, 1.165) is 6.42 Å². The number of halogens is 2. The maximum absolute atomic E-state index is 11.7.